The van der Waals surface area contributed by atoms with Gasteiger partial charge in [-0.3, -0.25) is 14.4 Å². The number of carbonyl (C=O) groups excluding carboxylic acids is 3. The van der Waals surface area contributed by atoms with Gasteiger partial charge in [-0.25, -0.2) is 4.79 Å². The fourth-order valence-electron chi connectivity index (χ4n) is 3.84. The van der Waals surface area contributed by atoms with E-state index in [4.69, 9.17) is 19.8 Å². The highest BCUT2D eigenvalue weighted by atomic mass is 16.5. The highest BCUT2D eigenvalue weighted by Crippen LogP contribution is 2.18. The molecule has 3 N–H and O–H groups in total. The highest BCUT2D eigenvalue weighted by molar-refractivity contribution is 5.97. The number of carbonyl (C=O) groups is 4. The third-order valence-electron chi connectivity index (χ3n) is 5.54. The van der Waals surface area contributed by atoms with Crippen LogP contribution < -0.4 is 10.6 Å². The van der Waals surface area contributed by atoms with E-state index < -0.39 is 29.7 Å². The van der Waals surface area contributed by atoms with Crippen molar-refractivity contribution in [2.75, 3.05) is 19.7 Å². The van der Waals surface area contributed by atoms with Crippen LogP contribution in [0, 0.1) is 11.3 Å². The Balaban J connectivity index is 2.11. The molecule has 1 aliphatic heterocycles. The monoisotopic (exact) mass is 502 g/mol. The van der Waals surface area contributed by atoms with Gasteiger partial charge in [-0.15, -0.1) is 0 Å². The summed E-state index contributed by atoms with van der Waals surface area (Å²) in [5.41, 5.74) is 0.180. The number of nitrogens with zero attached hydrogens (tertiary/aromatic N) is 2. The van der Waals surface area contributed by atoms with Gasteiger partial charge < -0.3 is 30.1 Å². The van der Waals surface area contributed by atoms with Crippen molar-refractivity contribution in [3.63, 3.8) is 0 Å². The molecule has 2 unspecified atom stereocenters. The fourth-order valence-corrected chi connectivity index (χ4v) is 3.84. The predicted octanol–water partition coefficient (Wildman–Crippen LogP) is 1.42. The number of hydrogen-bond donors (Lipinski definition) is 3. The molecule has 11 heteroatoms. The lowest BCUT2D eigenvalue weighted by Gasteiger charge is -2.34. The molecule has 2 atom stereocenters. The van der Waals surface area contributed by atoms with Gasteiger partial charge in [0, 0.05) is 18.7 Å². The second kappa shape index (κ2) is 13.6. The van der Waals surface area contributed by atoms with Crippen LogP contribution in [0.4, 0.5) is 0 Å². The first kappa shape index (κ1) is 28.7. The first-order chi connectivity index (χ1) is 17.0. The number of nitriles is 1. The molecule has 1 aromatic rings. The molecule has 0 aliphatic carbocycles. The predicted molar refractivity (Wildman–Crippen MR) is 129 cm³/mol. The molecule has 0 aromatic heterocycles. The van der Waals surface area contributed by atoms with Crippen LogP contribution >= 0.6 is 0 Å². The molecule has 1 aromatic carbocycles. The lowest BCUT2D eigenvalue weighted by Crippen LogP contribution is -2.52. The van der Waals surface area contributed by atoms with Crippen molar-refractivity contribution < 1.29 is 33.8 Å². The molecule has 36 heavy (non-hydrogen) atoms. The number of hydrogen-bond acceptors (Lipinski definition) is 7. The van der Waals surface area contributed by atoms with Crippen molar-refractivity contribution in [2.24, 2.45) is 0 Å². The number of nitrogens with one attached hydrogen (secondary N) is 2. The van der Waals surface area contributed by atoms with Crippen molar-refractivity contribution >= 4 is 24.2 Å². The molecule has 196 valence electrons. The van der Waals surface area contributed by atoms with Crippen molar-refractivity contribution in [1.29, 1.82) is 5.26 Å². The number of amides is 3. The number of piperidine rings is 1. The molecular formula is C25H34N4O7. The largest absolute Gasteiger partial charge is 0.480 e. The minimum Gasteiger partial charge on any atom is -0.480 e. The van der Waals surface area contributed by atoms with Crippen LogP contribution in [0.2, 0.25) is 0 Å². The summed E-state index contributed by atoms with van der Waals surface area (Å²) in [4.78, 5) is 49.7. The van der Waals surface area contributed by atoms with Crippen LogP contribution in [0.5, 0.6) is 0 Å². The number of ether oxygens (including phenoxy) is 2. The average molecular weight is 503 g/mol. The van der Waals surface area contributed by atoms with Crippen molar-refractivity contribution in [1.82, 2.24) is 15.5 Å². The summed E-state index contributed by atoms with van der Waals surface area (Å²) in [7, 11) is 0. The minimum atomic E-state index is -1.05. The zero-order valence-corrected chi connectivity index (χ0v) is 20.9. The second-order valence-corrected chi connectivity index (χ2v) is 9.53. The second-order valence-electron chi connectivity index (χ2n) is 9.53. The van der Waals surface area contributed by atoms with Gasteiger partial charge in [0.1, 0.15) is 18.9 Å². The zero-order chi connectivity index (χ0) is 26.7. The molecular weight excluding hydrogens is 468 g/mol. The Kier molecular flexibility index (Phi) is 10.8. The number of rotatable bonds is 12. The molecule has 0 spiro atoms. The van der Waals surface area contributed by atoms with Gasteiger partial charge in [-0.2, -0.15) is 5.26 Å². The number of likely N-dealkylation sites (tertiary alicyclic amines) is 1. The number of carboxylic acids is 1. The molecule has 1 aliphatic rings. The molecule has 2 rings (SSSR count). The topological polar surface area (TPSA) is 158 Å². The van der Waals surface area contributed by atoms with Crippen molar-refractivity contribution in [2.45, 2.75) is 70.4 Å². The van der Waals surface area contributed by atoms with Gasteiger partial charge in [0.15, 0.2) is 0 Å². The van der Waals surface area contributed by atoms with Crippen LogP contribution in [-0.2, 0) is 23.9 Å². The van der Waals surface area contributed by atoms with E-state index >= 15 is 0 Å². The van der Waals surface area contributed by atoms with Gasteiger partial charge in [0.25, 0.3) is 5.91 Å². The van der Waals surface area contributed by atoms with E-state index in [9.17, 15) is 19.2 Å². The first-order valence-corrected chi connectivity index (χ1v) is 11.8. The summed E-state index contributed by atoms with van der Waals surface area (Å²) in [6.45, 7) is 5.87. The van der Waals surface area contributed by atoms with Crippen molar-refractivity contribution in [3.05, 3.63) is 35.4 Å². The van der Waals surface area contributed by atoms with Crippen LogP contribution in [0.1, 0.15) is 62.4 Å². The van der Waals surface area contributed by atoms with E-state index in [0.29, 0.717) is 43.5 Å². The van der Waals surface area contributed by atoms with E-state index in [1.165, 1.54) is 24.3 Å². The fraction of sp³-hybridized carbons (Fsp3) is 0.560. The molecule has 1 saturated heterocycles. The van der Waals surface area contributed by atoms with Crippen LogP contribution in [0.15, 0.2) is 24.3 Å². The van der Waals surface area contributed by atoms with E-state index in [2.05, 4.69) is 10.6 Å². The third kappa shape index (κ3) is 9.64. The van der Waals surface area contributed by atoms with Crippen LogP contribution in [-0.4, -0.2) is 77.9 Å². The summed E-state index contributed by atoms with van der Waals surface area (Å²) in [5.74, 6) is -1.79. The van der Waals surface area contributed by atoms with Crippen LogP contribution in [0.25, 0.3) is 0 Å². The molecule has 0 radical (unpaired) electrons. The molecule has 0 bridgehead atoms. The standard InChI is InChI=1S/C25H34N4O7/c1-25(2,3)36-21(27-16-30)9-8-20(28-23(33)18-6-4-17(14-26)5-7-18)24(34)29-12-10-19(11-13-29)35-15-22(31)32/h4-7,16,19-21H,8-13,15H2,1-3H3,(H,27,30)(H,28,33)(H,31,32). The van der Waals surface area contributed by atoms with Gasteiger partial charge in [-0.1, -0.05) is 0 Å². The summed E-state index contributed by atoms with van der Waals surface area (Å²) in [6, 6.07) is 7.18. The Bertz CT molecular complexity index is 945. The lowest BCUT2D eigenvalue weighted by atomic mass is 10.0. The summed E-state index contributed by atoms with van der Waals surface area (Å²) >= 11 is 0. The minimum absolute atomic E-state index is 0.206. The average Bonchev–Trinajstić information content (AvgIpc) is 2.84. The van der Waals surface area contributed by atoms with Gasteiger partial charge in [0.05, 0.1) is 23.3 Å². The van der Waals surface area contributed by atoms with E-state index in [1.807, 2.05) is 26.8 Å². The molecule has 1 heterocycles. The van der Waals surface area contributed by atoms with E-state index in [1.54, 1.807) is 4.90 Å². The summed E-state index contributed by atoms with van der Waals surface area (Å²) < 4.78 is 11.2. The van der Waals surface area contributed by atoms with Crippen LogP contribution in [0.3, 0.4) is 0 Å². The Morgan fingerprint density at radius 1 is 1.19 bits per heavy atom. The Morgan fingerprint density at radius 2 is 1.83 bits per heavy atom. The Hall–Kier alpha value is -3.49. The third-order valence-corrected chi connectivity index (χ3v) is 5.54. The number of carboxylic acid groups (broad SMARTS) is 1. The lowest BCUT2D eigenvalue weighted by molar-refractivity contribution is -0.147. The first-order valence-electron chi connectivity index (χ1n) is 11.8. The maximum Gasteiger partial charge on any atom is 0.329 e. The Morgan fingerprint density at radius 3 is 2.36 bits per heavy atom. The molecule has 0 saturated carbocycles. The molecule has 3 amide bonds. The smallest absolute Gasteiger partial charge is 0.329 e. The maximum atomic E-state index is 13.4. The SMILES string of the molecule is CC(C)(C)OC(CCC(NC(=O)c1ccc(C#N)cc1)C(=O)N1CCC(OCC(=O)O)CC1)NC=O. The van der Waals surface area contributed by atoms with E-state index in [0.717, 1.165) is 0 Å². The molecule has 1 fully saturated rings. The maximum absolute atomic E-state index is 13.4. The van der Waals surface area contributed by atoms with Gasteiger partial charge >= 0.3 is 5.97 Å². The van der Waals surface area contributed by atoms with E-state index in [-0.39, 0.29) is 31.5 Å². The Labute approximate surface area is 210 Å². The normalized spacial score (nSPS) is 15.9. The number of aliphatic carboxylic acids is 1. The summed E-state index contributed by atoms with van der Waals surface area (Å²) in [6.07, 6.45) is 1.08. The zero-order valence-electron chi connectivity index (χ0n) is 20.9. The molecule has 11 nitrogen and oxygen atoms in total. The van der Waals surface area contributed by atoms with Gasteiger partial charge in [-0.05, 0) is 70.7 Å². The van der Waals surface area contributed by atoms with Gasteiger partial charge in [0.2, 0.25) is 12.3 Å². The quantitative estimate of drug-likeness (QED) is 0.286. The highest BCUT2D eigenvalue weighted by Gasteiger charge is 2.31. The van der Waals surface area contributed by atoms with Crippen molar-refractivity contribution in [3.8, 4) is 6.07 Å². The summed E-state index contributed by atoms with van der Waals surface area (Å²) in [5, 5.41) is 23.2. The number of benzene rings is 1.